The number of para-hydroxylation sites is 1. The summed E-state index contributed by atoms with van der Waals surface area (Å²) in [5, 5.41) is 2.36. The van der Waals surface area contributed by atoms with E-state index in [2.05, 4.69) is 118 Å². The van der Waals surface area contributed by atoms with Crippen molar-refractivity contribution in [1.82, 2.24) is 18.8 Å². The molecule has 0 saturated heterocycles. The summed E-state index contributed by atoms with van der Waals surface area (Å²) in [7, 11) is -3.04. The third-order valence-corrected chi connectivity index (χ3v) is 16.4. The Morgan fingerprint density at radius 2 is 1.53 bits per heavy atom. The first-order valence-corrected chi connectivity index (χ1v) is 19.4. The lowest BCUT2D eigenvalue weighted by molar-refractivity contribution is 0.0899. The molecule has 0 spiro atoms. The summed E-state index contributed by atoms with van der Waals surface area (Å²) < 4.78 is 10.9. The van der Waals surface area contributed by atoms with Gasteiger partial charge in [-0.1, -0.05) is 79.4 Å². The topological polar surface area (TPSA) is 44.9 Å². The van der Waals surface area contributed by atoms with Crippen LogP contribution >= 0.6 is 0 Å². The van der Waals surface area contributed by atoms with E-state index >= 15 is 0 Å². The minimum absolute atomic E-state index is 0.524. The van der Waals surface area contributed by atoms with Gasteiger partial charge in [0.05, 0.1) is 5.69 Å². The molecule has 0 fully saturated rings. The molecule has 194 valence electrons. The van der Waals surface area contributed by atoms with E-state index in [0.29, 0.717) is 23.4 Å². The zero-order valence-corrected chi connectivity index (χ0v) is 25.7. The van der Waals surface area contributed by atoms with Crippen LogP contribution < -0.4 is 0 Å². The molecule has 5 nitrogen and oxygen atoms in total. The van der Waals surface area contributed by atoms with Gasteiger partial charge >= 0.3 is 0 Å². The fourth-order valence-electron chi connectivity index (χ4n) is 6.39. The monoisotopic (exact) mass is 520 g/mol. The number of rotatable bonds is 10. The minimum Gasteiger partial charge on any atom is -0.373 e. The highest BCUT2D eigenvalue weighted by Gasteiger charge is 2.46. The number of fused-ring (bicyclic) bond motifs is 2. The van der Waals surface area contributed by atoms with E-state index in [1.165, 1.54) is 22.5 Å². The van der Waals surface area contributed by atoms with Gasteiger partial charge in [-0.3, -0.25) is 0 Å². The number of hydrogen-bond acceptors (Lipinski definition) is 3. The maximum atomic E-state index is 6.04. The van der Waals surface area contributed by atoms with Crippen molar-refractivity contribution >= 4 is 38.2 Å². The van der Waals surface area contributed by atoms with Crippen LogP contribution in [-0.4, -0.2) is 41.7 Å². The van der Waals surface area contributed by atoms with E-state index in [0.717, 1.165) is 23.3 Å². The third kappa shape index (κ3) is 4.73. The van der Waals surface area contributed by atoms with Crippen LogP contribution in [0.4, 0.5) is 0 Å². The number of nitrogens with zero attached hydrogens (tertiary/aromatic N) is 4. The standard InChI is InChI=1S/C29H44N4OSi2/c1-21(2)36(22(3)4,23(5)6)33-18-26(24-12-10-11-13-27(24)33)28-25-14-15-32(29(25)31-19-30-28)20-34-16-17-35(7,8)9/h10-15,18-19,21-23H,16-17,20H2,1-9H3. The number of benzene rings is 1. The summed E-state index contributed by atoms with van der Waals surface area (Å²) >= 11 is 0. The molecule has 1 aromatic carbocycles. The maximum Gasteiger partial charge on any atom is 0.169 e. The van der Waals surface area contributed by atoms with Crippen LogP contribution in [0.1, 0.15) is 41.5 Å². The molecule has 3 aromatic heterocycles. The molecule has 0 aliphatic heterocycles. The van der Waals surface area contributed by atoms with E-state index in [9.17, 15) is 0 Å². The molecule has 0 N–H and O–H groups in total. The van der Waals surface area contributed by atoms with Crippen LogP contribution in [0.5, 0.6) is 0 Å². The Morgan fingerprint density at radius 3 is 2.17 bits per heavy atom. The summed E-state index contributed by atoms with van der Waals surface area (Å²) in [4.78, 5) is 9.50. The number of hydrogen-bond donors (Lipinski definition) is 0. The van der Waals surface area contributed by atoms with Crippen LogP contribution in [-0.2, 0) is 11.5 Å². The second-order valence-corrected chi connectivity index (χ2v) is 23.7. The van der Waals surface area contributed by atoms with E-state index in [-0.39, 0.29) is 0 Å². The van der Waals surface area contributed by atoms with Crippen molar-refractivity contribution in [1.29, 1.82) is 0 Å². The zero-order chi connectivity index (χ0) is 26.3. The molecule has 3 heterocycles. The van der Waals surface area contributed by atoms with Crippen LogP contribution in [0, 0.1) is 0 Å². The molecule has 4 rings (SSSR count). The lowest BCUT2D eigenvalue weighted by atomic mass is 10.1. The van der Waals surface area contributed by atoms with Crippen LogP contribution in [0.3, 0.4) is 0 Å². The summed E-state index contributed by atoms with van der Waals surface area (Å²) in [5.41, 5.74) is 6.31. The summed E-state index contributed by atoms with van der Waals surface area (Å²) in [6, 6.07) is 12.2. The van der Waals surface area contributed by atoms with Crippen molar-refractivity contribution in [3.05, 3.63) is 49.1 Å². The van der Waals surface area contributed by atoms with Gasteiger partial charge in [-0.25, -0.2) is 9.97 Å². The van der Waals surface area contributed by atoms with Crippen LogP contribution in [0.15, 0.2) is 49.1 Å². The fraction of sp³-hybridized carbons (Fsp3) is 0.517. The van der Waals surface area contributed by atoms with Crippen LogP contribution in [0.2, 0.25) is 42.3 Å². The molecule has 4 aromatic rings. The molecule has 0 atom stereocenters. The quantitative estimate of drug-likeness (QED) is 0.156. The van der Waals surface area contributed by atoms with Gasteiger partial charge in [0.1, 0.15) is 18.7 Å². The molecule has 36 heavy (non-hydrogen) atoms. The van der Waals surface area contributed by atoms with E-state index in [1.807, 2.05) is 0 Å². The highest BCUT2D eigenvalue weighted by Crippen LogP contribution is 2.46. The van der Waals surface area contributed by atoms with Gasteiger partial charge in [-0.05, 0) is 34.8 Å². The molecular weight excluding hydrogens is 477 g/mol. The predicted octanol–water partition coefficient (Wildman–Crippen LogP) is 8.39. The molecule has 0 aliphatic carbocycles. The number of aromatic nitrogens is 4. The van der Waals surface area contributed by atoms with Crippen molar-refractivity contribution in [2.24, 2.45) is 0 Å². The van der Waals surface area contributed by atoms with Gasteiger partial charge < -0.3 is 13.5 Å². The third-order valence-electron chi connectivity index (χ3n) is 7.94. The normalized spacial score (nSPS) is 13.2. The van der Waals surface area contributed by atoms with E-state index < -0.39 is 16.3 Å². The predicted molar refractivity (Wildman–Crippen MR) is 159 cm³/mol. The van der Waals surface area contributed by atoms with Crippen molar-refractivity contribution in [2.75, 3.05) is 6.61 Å². The van der Waals surface area contributed by atoms with Crippen molar-refractivity contribution < 1.29 is 4.74 Å². The smallest absolute Gasteiger partial charge is 0.169 e. The average molecular weight is 521 g/mol. The highest BCUT2D eigenvalue weighted by molar-refractivity contribution is 6.82. The Kier molecular flexibility index (Phi) is 7.65. The van der Waals surface area contributed by atoms with Gasteiger partial charge in [0, 0.05) is 48.9 Å². The zero-order valence-electron chi connectivity index (χ0n) is 23.7. The van der Waals surface area contributed by atoms with Gasteiger partial charge in [-0.2, -0.15) is 0 Å². The molecule has 7 heteroatoms. The largest absolute Gasteiger partial charge is 0.373 e. The fourth-order valence-corrected chi connectivity index (χ4v) is 13.8. The first kappa shape index (κ1) is 26.8. The molecule has 0 amide bonds. The van der Waals surface area contributed by atoms with Gasteiger partial charge in [0.25, 0.3) is 0 Å². The average Bonchev–Trinajstić information content (AvgIpc) is 3.38. The van der Waals surface area contributed by atoms with Crippen molar-refractivity contribution in [3.63, 3.8) is 0 Å². The Labute approximate surface area is 219 Å². The van der Waals surface area contributed by atoms with Gasteiger partial charge in [0.2, 0.25) is 0 Å². The molecule has 0 aliphatic rings. The van der Waals surface area contributed by atoms with Crippen LogP contribution in [0.25, 0.3) is 33.2 Å². The van der Waals surface area contributed by atoms with Crippen molar-refractivity contribution in [2.45, 2.75) is 90.6 Å². The lowest BCUT2D eigenvalue weighted by Crippen LogP contribution is -2.51. The van der Waals surface area contributed by atoms with Gasteiger partial charge in [-0.15, -0.1) is 0 Å². The molecule has 0 unspecified atom stereocenters. The molecule has 0 saturated carbocycles. The molecular formula is C29H44N4OSi2. The molecule has 0 bridgehead atoms. The first-order valence-electron chi connectivity index (χ1n) is 13.5. The van der Waals surface area contributed by atoms with E-state index in [4.69, 9.17) is 9.72 Å². The Hall–Kier alpha value is -2.23. The lowest BCUT2D eigenvalue weighted by Gasteiger charge is -2.44. The SMILES string of the molecule is CC(C)[Si](C(C)C)(C(C)C)n1cc(-c2ncnc3c2ccn3COCC[Si](C)(C)C)c2ccccc21. The second kappa shape index (κ2) is 10.3. The molecule has 0 radical (unpaired) electrons. The number of ether oxygens (including phenoxy) is 1. The van der Waals surface area contributed by atoms with Gasteiger partial charge in [0.15, 0.2) is 8.24 Å². The van der Waals surface area contributed by atoms with E-state index in [1.54, 1.807) is 6.33 Å². The minimum atomic E-state index is -1.93. The maximum absolute atomic E-state index is 6.04. The Bertz CT molecular complexity index is 1310. The van der Waals surface area contributed by atoms with Crippen molar-refractivity contribution in [3.8, 4) is 11.3 Å². The highest BCUT2D eigenvalue weighted by atomic mass is 28.3. The first-order chi connectivity index (χ1) is 17.0. The Balaban J connectivity index is 1.82. The summed E-state index contributed by atoms with van der Waals surface area (Å²) in [6.07, 6.45) is 6.22. The summed E-state index contributed by atoms with van der Waals surface area (Å²) in [6.45, 7) is 23.0. The Morgan fingerprint density at radius 1 is 0.861 bits per heavy atom. The summed E-state index contributed by atoms with van der Waals surface area (Å²) in [5.74, 6) is 0. The second-order valence-electron chi connectivity index (χ2n) is 12.4.